The molecule has 4 heteroatoms. The summed E-state index contributed by atoms with van der Waals surface area (Å²) < 4.78 is 5.51. The molecule has 1 N–H and O–H groups in total. The van der Waals surface area contributed by atoms with E-state index in [1.54, 1.807) is 0 Å². The molecular weight excluding hydrogens is 312 g/mol. The zero-order valence-electron chi connectivity index (χ0n) is 14.4. The first-order chi connectivity index (χ1) is 12.3. The third-order valence-electron chi connectivity index (χ3n) is 4.05. The molecule has 0 bridgehead atoms. The van der Waals surface area contributed by atoms with E-state index in [0.717, 1.165) is 43.1 Å². The summed E-state index contributed by atoms with van der Waals surface area (Å²) in [6.07, 6.45) is 0. The molecule has 128 valence electrons. The summed E-state index contributed by atoms with van der Waals surface area (Å²) in [5, 5.41) is 3.26. The highest BCUT2D eigenvalue weighted by molar-refractivity contribution is 5.96. The van der Waals surface area contributed by atoms with Crippen molar-refractivity contribution >= 4 is 5.91 Å². The Hall–Kier alpha value is -2.77. The Morgan fingerprint density at radius 3 is 2.72 bits per heavy atom. The third-order valence-corrected chi connectivity index (χ3v) is 4.05. The lowest BCUT2D eigenvalue weighted by molar-refractivity contribution is 0.0735. The van der Waals surface area contributed by atoms with Gasteiger partial charge in [0, 0.05) is 37.3 Å². The monoisotopic (exact) mass is 334 g/mol. The van der Waals surface area contributed by atoms with Gasteiger partial charge in [-0.2, -0.15) is 0 Å². The van der Waals surface area contributed by atoms with Crippen LogP contribution in [-0.2, 0) is 0 Å². The molecule has 0 saturated carbocycles. The Kier molecular flexibility index (Phi) is 5.71. The average Bonchev–Trinajstić information content (AvgIpc) is 2.67. The van der Waals surface area contributed by atoms with Crippen molar-refractivity contribution in [3.63, 3.8) is 0 Å². The number of amides is 1. The Labute approximate surface area is 148 Å². The second-order valence-electron chi connectivity index (χ2n) is 5.80. The molecule has 0 aromatic heterocycles. The minimum absolute atomic E-state index is 0.0504. The number of carbonyl (C=O) groups is 1. The van der Waals surface area contributed by atoms with Gasteiger partial charge in [0.2, 0.25) is 0 Å². The van der Waals surface area contributed by atoms with Gasteiger partial charge in [0.1, 0.15) is 5.75 Å². The molecule has 0 aliphatic carbocycles. The number of carbonyl (C=O) groups excluding carboxylic acids is 1. The van der Waals surface area contributed by atoms with Crippen molar-refractivity contribution < 1.29 is 9.53 Å². The minimum atomic E-state index is 0.0504. The van der Waals surface area contributed by atoms with E-state index in [0.29, 0.717) is 12.2 Å². The van der Waals surface area contributed by atoms with Gasteiger partial charge in [-0.1, -0.05) is 30.0 Å². The molecule has 1 fully saturated rings. The van der Waals surface area contributed by atoms with Crippen molar-refractivity contribution in [2.75, 3.05) is 32.8 Å². The smallest absolute Gasteiger partial charge is 0.255 e. The molecule has 3 rings (SSSR count). The summed E-state index contributed by atoms with van der Waals surface area (Å²) in [5.41, 5.74) is 2.29. The van der Waals surface area contributed by atoms with E-state index in [-0.39, 0.29) is 5.91 Å². The van der Waals surface area contributed by atoms with Gasteiger partial charge in [-0.15, -0.1) is 0 Å². The molecule has 1 heterocycles. The van der Waals surface area contributed by atoms with Crippen LogP contribution in [0.2, 0.25) is 0 Å². The van der Waals surface area contributed by atoms with Crippen LogP contribution in [0, 0.1) is 11.8 Å². The van der Waals surface area contributed by atoms with Crippen LogP contribution in [0.5, 0.6) is 5.75 Å². The number of ether oxygens (including phenoxy) is 1. The van der Waals surface area contributed by atoms with E-state index in [2.05, 4.69) is 17.2 Å². The summed E-state index contributed by atoms with van der Waals surface area (Å²) in [5.74, 6) is 7.15. The number of nitrogens with one attached hydrogen (secondary N) is 1. The molecule has 2 aromatic rings. The predicted octanol–water partition coefficient (Wildman–Crippen LogP) is 2.53. The molecule has 1 saturated heterocycles. The first-order valence-electron chi connectivity index (χ1n) is 8.62. The average molecular weight is 334 g/mol. The van der Waals surface area contributed by atoms with Gasteiger partial charge >= 0.3 is 0 Å². The SMILES string of the molecule is CCOc1cccc(C#Cc2ccccc2C(=O)N2CCNCC2)c1. The van der Waals surface area contributed by atoms with Crippen molar-refractivity contribution in [3.05, 3.63) is 65.2 Å². The van der Waals surface area contributed by atoms with Gasteiger partial charge in [0.05, 0.1) is 12.2 Å². The Bertz CT molecular complexity index is 799. The molecule has 0 radical (unpaired) electrons. The van der Waals surface area contributed by atoms with E-state index in [4.69, 9.17) is 4.74 Å². The van der Waals surface area contributed by atoms with Crippen molar-refractivity contribution in [2.24, 2.45) is 0 Å². The molecule has 2 aromatic carbocycles. The van der Waals surface area contributed by atoms with Gasteiger partial charge in [-0.25, -0.2) is 0 Å². The van der Waals surface area contributed by atoms with Crippen LogP contribution in [0.15, 0.2) is 48.5 Å². The highest BCUT2D eigenvalue weighted by atomic mass is 16.5. The van der Waals surface area contributed by atoms with Gasteiger partial charge in [-0.05, 0) is 37.3 Å². The maximum Gasteiger partial charge on any atom is 0.255 e. The quantitative estimate of drug-likeness (QED) is 0.877. The molecule has 25 heavy (non-hydrogen) atoms. The number of piperazine rings is 1. The third kappa shape index (κ3) is 4.40. The molecule has 1 aliphatic rings. The molecule has 1 aliphatic heterocycles. The lowest BCUT2D eigenvalue weighted by Gasteiger charge is -2.27. The van der Waals surface area contributed by atoms with E-state index < -0.39 is 0 Å². The summed E-state index contributed by atoms with van der Waals surface area (Å²) in [4.78, 5) is 14.7. The number of hydrogen-bond acceptors (Lipinski definition) is 3. The maximum absolute atomic E-state index is 12.8. The van der Waals surface area contributed by atoms with Gasteiger partial charge in [0.25, 0.3) is 5.91 Å². The second-order valence-corrected chi connectivity index (χ2v) is 5.80. The molecule has 1 amide bonds. The summed E-state index contributed by atoms with van der Waals surface area (Å²) in [7, 11) is 0. The van der Waals surface area contributed by atoms with Crippen LogP contribution in [0.1, 0.15) is 28.4 Å². The normalized spacial score (nSPS) is 13.7. The summed E-state index contributed by atoms with van der Waals surface area (Å²) in [6, 6.07) is 15.2. The highest BCUT2D eigenvalue weighted by Gasteiger charge is 2.19. The van der Waals surface area contributed by atoms with Gasteiger partial charge in [0.15, 0.2) is 0 Å². The second kappa shape index (κ2) is 8.36. The fraction of sp³-hybridized carbons (Fsp3) is 0.286. The number of rotatable bonds is 3. The fourth-order valence-corrected chi connectivity index (χ4v) is 2.79. The van der Waals surface area contributed by atoms with Crippen LogP contribution >= 0.6 is 0 Å². The van der Waals surface area contributed by atoms with E-state index in [1.165, 1.54) is 0 Å². The zero-order valence-corrected chi connectivity index (χ0v) is 14.4. The van der Waals surface area contributed by atoms with Gasteiger partial charge < -0.3 is 15.0 Å². The van der Waals surface area contributed by atoms with Crippen LogP contribution in [0.3, 0.4) is 0 Å². The zero-order chi connectivity index (χ0) is 17.5. The van der Waals surface area contributed by atoms with Crippen molar-refractivity contribution in [1.29, 1.82) is 0 Å². The predicted molar refractivity (Wildman–Crippen MR) is 98.8 cm³/mol. The van der Waals surface area contributed by atoms with Crippen molar-refractivity contribution in [2.45, 2.75) is 6.92 Å². The first-order valence-corrected chi connectivity index (χ1v) is 8.62. The van der Waals surface area contributed by atoms with E-state index in [9.17, 15) is 4.79 Å². The lowest BCUT2D eigenvalue weighted by atomic mass is 10.1. The van der Waals surface area contributed by atoms with Crippen LogP contribution < -0.4 is 10.1 Å². The number of nitrogens with zero attached hydrogens (tertiary/aromatic N) is 1. The highest BCUT2D eigenvalue weighted by Crippen LogP contribution is 2.14. The largest absolute Gasteiger partial charge is 0.494 e. The fourth-order valence-electron chi connectivity index (χ4n) is 2.79. The molecule has 0 spiro atoms. The Morgan fingerprint density at radius 2 is 1.92 bits per heavy atom. The molecular formula is C21H22N2O2. The van der Waals surface area contributed by atoms with Crippen LogP contribution in [-0.4, -0.2) is 43.6 Å². The first kappa shape index (κ1) is 17.1. The Balaban J connectivity index is 1.84. The molecule has 0 unspecified atom stereocenters. The van der Waals surface area contributed by atoms with Crippen LogP contribution in [0.4, 0.5) is 0 Å². The number of hydrogen-bond donors (Lipinski definition) is 1. The maximum atomic E-state index is 12.8. The van der Waals surface area contributed by atoms with Crippen molar-refractivity contribution in [1.82, 2.24) is 10.2 Å². The van der Waals surface area contributed by atoms with E-state index >= 15 is 0 Å². The number of benzene rings is 2. The van der Waals surface area contributed by atoms with E-state index in [1.807, 2.05) is 60.4 Å². The Morgan fingerprint density at radius 1 is 1.12 bits per heavy atom. The molecule has 4 nitrogen and oxygen atoms in total. The summed E-state index contributed by atoms with van der Waals surface area (Å²) >= 11 is 0. The standard InChI is InChI=1S/C21H22N2O2/c1-2-25-19-8-5-6-17(16-19)10-11-18-7-3-4-9-20(18)21(24)23-14-12-22-13-15-23/h3-9,16,22H,2,12-15H2,1H3. The molecule has 0 atom stereocenters. The topological polar surface area (TPSA) is 41.6 Å². The van der Waals surface area contributed by atoms with Crippen LogP contribution in [0.25, 0.3) is 0 Å². The summed E-state index contributed by atoms with van der Waals surface area (Å²) in [6.45, 7) is 5.72. The minimum Gasteiger partial charge on any atom is -0.494 e. The van der Waals surface area contributed by atoms with Gasteiger partial charge in [-0.3, -0.25) is 4.79 Å². The van der Waals surface area contributed by atoms with Crippen molar-refractivity contribution in [3.8, 4) is 17.6 Å². The lowest BCUT2D eigenvalue weighted by Crippen LogP contribution is -2.46.